The summed E-state index contributed by atoms with van der Waals surface area (Å²) >= 11 is 7.39. The van der Waals surface area contributed by atoms with Crippen LogP contribution in [0.4, 0.5) is 0 Å². The average molecular weight is 192 g/mol. The third kappa shape index (κ3) is 1.58. The third-order valence-electron chi connectivity index (χ3n) is 1.70. The van der Waals surface area contributed by atoms with E-state index in [0.29, 0.717) is 6.04 Å². The van der Waals surface area contributed by atoms with Crippen LogP contribution >= 0.6 is 23.5 Å². The summed E-state index contributed by atoms with van der Waals surface area (Å²) in [7, 11) is 0. The molecular formula is C6H10ClN3S. The summed E-state index contributed by atoms with van der Waals surface area (Å²) in [4.78, 5) is 0. The zero-order valence-corrected chi connectivity index (χ0v) is 7.53. The van der Waals surface area contributed by atoms with Crippen LogP contribution in [-0.4, -0.2) is 16.0 Å². The molecule has 62 valence electrons. The van der Waals surface area contributed by atoms with Crippen molar-refractivity contribution in [2.45, 2.75) is 24.4 Å². The number of hydrogen-bond acceptors (Lipinski definition) is 4. The van der Waals surface area contributed by atoms with Crippen molar-refractivity contribution in [3.8, 4) is 0 Å². The topological polar surface area (TPSA) is 41.3 Å². The van der Waals surface area contributed by atoms with E-state index >= 15 is 0 Å². The lowest BCUT2D eigenvalue weighted by molar-refractivity contribution is 0.493. The first-order chi connectivity index (χ1) is 5.27. The second-order valence-corrected chi connectivity index (χ2v) is 4.11. The van der Waals surface area contributed by atoms with Crippen LogP contribution in [0.25, 0.3) is 0 Å². The van der Waals surface area contributed by atoms with E-state index in [-0.39, 0.29) is 5.50 Å². The minimum atomic E-state index is -0.127. The fourth-order valence-electron chi connectivity index (χ4n) is 0.908. The molecule has 2 rings (SSSR count). The minimum Gasteiger partial charge on any atom is -0.368 e. The van der Waals surface area contributed by atoms with Crippen molar-refractivity contribution in [2.75, 3.05) is 0 Å². The Balaban J connectivity index is 1.91. The highest BCUT2D eigenvalue weighted by atomic mass is 35.5. The summed E-state index contributed by atoms with van der Waals surface area (Å²) in [6.07, 6.45) is 2.50. The van der Waals surface area contributed by atoms with Crippen molar-refractivity contribution in [3.63, 3.8) is 0 Å². The van der Waals surface area contributed by atoms with Crippen molar-refractivity contribution in [2.24, 2.45) is 5.73 Å². The lowest BCUT2D eigenvalue weighted by atomic mass is 10.6. The van der Waals surface area contributed by atoms with Crippen LogP contribution < -0.4 is 11.1 Å². The summed E-state index contributed by atoms with van der Waals surface area (Å²) in [5.41, 5.74) is 5.50. The van der Waals surface area contributed by atoms with E-state index in [1.54, 1.807) is 4.42 Å². The van der Waals surface area contributed by atoms with E-state index < -0.39 is 0 Å². The fraction of sp³-hybridized carbons (Fsp3) is 0.667. The SMILES string of the molecule is NC1SC=C(NC2CC2)N1Cl. The van der Waals surface area contributed by atoms with Gasteiger partial charge in [0.1, 0.15) is 11.3 Å². The number of nitrogens with one attached hydrogen (secondary N) is 1. The van der Waals surface area contributed by atoms with Crippen LogP contribution in [0.15, 0.2) is 11.2 Å². The largest absolute Gasteiger partial charge is 0.368 e. The van der Waals surface area contributed by atoms with Crippen molar-refractivity contribution < 1.29 is 0 Å². The predicted octanol–water partition coefficient (Wildman–Crippen LogP) is 0.982. The molecule has 1 unspecified atom stereocenters. The van der Waals surface area contributed by atoms with Gasteiger partial charge < -0.3 is 11.1 Å². The molecule has 2 aliphatic rings. The lowest BCUT2D eigenvalue weighted by Gasteiger charge is -2.17. The highest BCUT2D eigenvalue weighted by molar-refractivity contribution is 8.02. The molecule has 0 radical (unpaired) electrons. The fourth-order valence-corrected chi connectivity index (χ4v) is 1.87. The van der Waals surface area contributed by atoms with Crippen LogP contribution in [0.2, 0.25) is 0 Å². The van der Waals surface area contributed by atoms with Gasteiger partial charge in [-0.15, -0.1) is 0 Å². The highest BCUT2D eigenvalue weighted by Gasteiger charge is 2.28. The molecule has 1 atom stereocenters. The Kier molecular flexibility index (Phi) is 1.91. The molecular weight excluding hydrogens is 182 g/mol. The number of nitrogens with zero attached hydrogens (tertiary/aromatic N) is 1. The van der Waals surface area contributed by atoms with Crippen LogP contribution in [0, 0.1) is 0 Å². The Bertz CT molecular complexity index is 192. The molecule has 1 aliphatic heterocycles. The molecule has 0 bridgehead atoms. The quantitative estimate of drug-likeness (QED) is 0.639. The van der Waals surface area contributed by atoms with Gasteiger partial charge >= 0.3 is 0 Å². The molecule has 11 heavy (non-hydrogen) atoms. The van der Waals surface area contributed by atoms with Crippen molar-refractivity contribution in [1.29, 1.82) is 0 Å². The summed E-state index contributed by atoms with van der Waals surface area (Å²) in [6.45, 7) is 0. The number of hydrogen-bond donors (Lipinski definition) is 2. The molecule has 3 nitrogen and oxygen atoms in total. The molecule has 1 heterocycles. The normalized spacial score (nSPS) is 30.5. The zero-order valence-electron chi connectivity index (χ0n) is 5.96. The highest BCUT2D eigenvalue weighted by Crippen LogP contribution is 2.30. The van der Waals surface area contributed by atoms with E-state index in [2.05, 4.69) is 5.32 Å². The Labute approximate surface area is 75.1 Å². The summed E-state index contributed by atoms with van der Waals surface area (Å²) in [6, 6.07) is 0.633. The lowest BCUT2D eigenvalue weighted by Crippen LogP contribution is -2.33. The maximum atomic E-state index is 5.86. The first kappa shape index (κ1) is 7.58. The number of halogens is 1. The van der Waals surface area contributed by atoms with Crippen molar-refractivity contribution in [1.82, 2.24) is 9.74 Å². The van der Waals surface area contributed by atoms with E-state index in [1.807, 2.05) is 5.41 Å². The molecule has 0 spiro atoms. The van der Waals surface area contributed by atoms with Crippen LogP contribution in [0.1, 0.15) is 12.8 Å². The monoisotopic (exact) mass is 191 g/mol. The maximum absolute atomic E-state index is 5.86. The Morgan fingerprint density at radius 2 is 2.45 bits per heavy atom. The van der Waals surface area contributed by atoms with E-state index in [9.17, 15) is 0 Å². The van der Waals surface area contributed by atoms with Gasteiger partial charge in [-0.1, -0.05) is 11.8 Å². The number of rotatable bonds is 2. The molecule has 3 N–H and O–H groups in total. The molecule has 1 saturated carbocycles. The first-order valence-electron chi connectivity index (χ1n) is 3.60. The smallest absolute Gasteiger partial charge is 0.146 e. The summed E-state index contributed by atoms with van der Waals surface area (Å²) in [5, 5.41) is 5.26. The van der Waals surface area contributed by atoms with Gasteiger partial charge in [-0.2, -0.15) is 0 Å². The summed E-state index contributed by atoms with van der Waals surface area (Å²) in [5.74, 6) is 0.951. The molecule has 0 aromatic carbocycles. The van der Waals surface area contributed by atoms with Crippen molar-refractivity contribution in [3.05, 3.63) is 11.2 Å². The average Bonchev–Trinajstić information content (AvgIpc) is 2.74. The predicted molar refractivity (Wildman–Crippen MR) is 47.5 cm³/mol. The van der Waals surface area contributed by atoms with E-state index in [0.717, 1.165) is 5.82 Å². The number of thioether (sulfide) groups is 1. The van der Waals surface area contributed by atoms with Gasteiger partial charge in [-0.05, 0) is 12.8 Å². The molecule has 0 aromatic heterocycles. The van der Waals surface area contributed by atoms with E-state index in [1.165, 1.54) is 24.6 Å². The molecule has 0 amide bonds. The van der Waals surface area contributed by atoms with Crippen LogP contribution in [-0.2, 0) is 0 Å². The Morgan fingerprint density at radius 3 is 2.91 bits per heavy atom. The van der Waals surface area contributed by atoms with Gasteiger partial charge in [0, 0.05) is 23.2 Å². The van der Waals surface area contributed by atoms with Gasteiger partial charge in [0.15, 0.2) is 0 Å². The molecule has 0 saturated heterocycles. The van der Waals surface area contributed by atoms with Gasteiger partial charge in [-0.25, -0.2) is 4.42 Å². The van der Waals surface area contributed by atoms with Gasteiger partial charge in [0.25, 0.3) is 0 Å². The second-order valence-electron chi connectivity index (χ2n) is 2.76. The van der Waals surface area contributed by atoms with E-state index in [4.69, 9.17) is 17.5 Å². The molecule has 0 aromatic rings. The third-order valence-corrected chi connectivity index (χ3v) is 3.06. The molecule has 1 fully saturated rings. The summed E-state index contributed by atoms with van der Waals surface area (Å²) < 4.78 is 1.54. The molecule has 5 heteroatoms. The standard InChI is InChI=1S/C6H10ClN3S/c7-10-5(3-11-6(10)8)9-4-1-2-4/h3-4,6,9H,1-2,8H2. The van der Waals surface area contributed by atoms with Gasteiger partial charge in [0.05, 0.1) is 0 Å². The maximum Gasteiger partial charge on any atom is 0.146 e. The number of nitrogens with two attached hydrogens (primary N) is 1. The Morgan fingerprint density at radius 1 is 1.73 bits per heavy atom. The van der Waals surface area contributed by atoms with Gasteiger partial charge in [-0.3, -0.25) is 0 Å². The Hall–Kier alpha value is -0.0600. The second kappa shape index (κ2) is 2.77. The van der Waals surface area contributed by atoms with Crippen LogP contribution in [0.5, 0.6) is 0 Å². The van der Waals surface area contributed by atoms with Crippen LogP contribution in [0.3, 0.4) is 0 Å². The minimum absolute atomic E-state index is 0.127. The van der Waals surface area contributed by atoms with Crippen molar-refractivity contribution >= 4 is 23.5 Å². The molecule has 1 aliphatic carbocycles. The first-order valence-corrected chi connectivity index (χ1v) is 4.88. The zero-order chi connectivity index (χ0) is 7.84. The van der Waals surface area contributed by atoms with Gasteiger partial charge in [0.2, 0.25) is 0 Å².